The lowest BCUT2D eigenvalue weighted by molar-refractivity contribution is -0.154. The first-order valence-corrected chi connectivity index (χ1v) is 10.1. The fraction of sp³-hybridized carbons (Fsp3) is 0.818. The number of ether oxygens (including phenoxy) is 2. The van der Waals surface area contributed by atoms with Gasteiger partial charge in [0.1, 0.15) is 11.7 Å². The lowest BCUT2D eigenvalue weighted by Crippen LogP contribution is -2.26. The van der Waals surface area contributed by atoms with Crippen LogP contribution in [-0.4, -0.2) is 23.6 Å². The number of hydrogen-bond donors (Lipinski definition) is 0. The van der Waals surface area contributed by atoms with E-state index in [2.05, 4.69) is 13.8 Å². The van der Waals surface area contributed by atoms with E-state index in [4.69, 9.17) is 9.47 Å². The molecule has 0 fully saturated rings. The van der Waals surface area contributed by atoms with Gasteiger partial charge in [-0.25, -0.2) is 4.79 Å². The maximum Gasteiger partial charge on any atom is 0.330 e. The van der Waals surface area contributed by atoms with Crippen LogP contribution in [0.15, 0.2) is 11.6 Å². The Morgan fingerprint density at radius 3 is 2.46 bits per heavy atom. The molecular formula is C22H38O4. The summed E-state index contributed by atoms with van der Waals surface area (Å²) >= 11 is 0. The first-order valence-electron chi connectivity index (χ1n) is 10.1. The summed E-state index contributed by atoms with van der Waals surface area (Å²) in [6, 6.07) is 0. The summed E-state index contributed by atoms with van der Waals surface area (Å²) in [5.74, 6) is 0.879. The molecule has 0 radical (unpaired) electrons. The third-order valence-corrected chi connectivity index (χ3v) is 5.15. The Morgan fingerprint density at radius 2 is 1.85 bits per heavy atom. The zero-order valence-corrected chi connectivity index (χ0v) is 17.6. The zero-order valence-electron chi connectivity index (χ0n) is 17.6. The van der Waals surface area contributed by atoms with Crippen molar-refractivity contribution in [3.8, 4) is 0 Å². The van der Waals surface area contributed by atoms with Crippen molar-refractivity contribution in [2.45, 2.75) is 105 Å². The van der Waals surface area contributed by atoms with Crippen molar-refractivity contribution in [2.75, 3.05) is 0 Å². The first kappa shape index (κ1) is 22.7. The van der Waals surface area contributed by atoms with Crippen LogP contribution in [0, 0.1) is 11.8 Å². The molecule has 4 heteroatoms. The van der Waals surface area contributed by atoms with Crippen LogP contribution in [0.5, 0.6) is 0 Å². The van der Waals surface area contributed by atoms with E-state index < -0.39 is 0 Å². The number of esters is 2. The Labute approximate surface area is 159 Å². The molecule has 0 N–H and O–H groups in total. The molecule has 1 aliphatic rings. The Kier molecular flexibility index (Phi) is 9.38. The highest BCUT2D eigenvalue weighted by Gasteiger charge is 2.22. The van der Waals surface area contributed by atoms with Crippen LogP contribution in [0.2, 0.25) is 0 Å². The van der Waals surface area contributed by atoms with E-state index in [9.17, 15) is 9.59 Å². The Morgan fingerprint density at radius 1 is 1.23 bits per heavy atom. The predicted octanol–water partition coefficient (Wildman–Crippen LogP) is 5.59. The second-order valence-corrected chi connectivity index (χ2v) is 8.88. The van der Waals surface area contributed by atoms with Crippen LogP contribution < -0.4 is 0 Å². The molecule has 1 rings (SSSR count). The standard InChI is InChI=1S/C22H38O4/c1-16(11-8-12-22(5,6)26-19(4)23)9-7-10-17(2)13-20-14-18(3)15-21(24)25-20/h15-17,20H,7-14H2,1-6H3. The van der Waals surface area contributed by atoms with Crippen LogP contribution in [0.3, 0.4) is 0 Å². The van der Waals surface area contributed by atoms with E-state index in [1.807, 2.05) is 20.8 Å². The zero-order chi connectivity index (χ0) is 19.7. The largest absolute Gasteiger partial charge is 0.460 e. The van der Waals surface area contributed by atoms with Gasteiger partial charge in [-0.3, -0.25) is 4.79 Å². The van der Waals surface area contributed by atoms with Gasteiger partial charge in [-0.05, 0) is 51.9 Å². The molecule has 26 heavy (non-hydrogen) atoms. The van der Waals surface area contributed by atoms with Gasteiger partial charge in [-0.15, -0.1) is 0 Å². The smallest absolute Gasteiger partial charge is 0.330 e. The molecule has 150 valence electrons. The number of rotatable bonds is 11. The van der Waals surface area contributed by atoms with Gasteiger partial charge < -0.3 is 9.47 Å². The fourth-order valence-corrected chi connectivity index (χ4v) is 3.83. The minimum atomic E-state index is -0.357. The molecule has 3 unspecified atom stereocenters. The van der Waals surface area contributed by atoms with E-state index in [-0.39, 0.29) is 23.6 Å². The van der Waals surface area contributed by atoms with Gasteiger partial charge in [-0.1, -0.05) is 45.1 Å². The average Bonchev–Trinajstić information content (AvgIpc) is 2.44. The third-order valence-electron chi connectivity index (χ3n) is 5.15. The van der Waals surface area contributed by atoms with E-state index >= 15 is 0 Å². The van der Waals surface area contributed by atoms with Crippen molar-refractivity contribution in [3.05, 3.63) is 11.6 Å². The molecule has 0 spiro atoms. The normalized spacial score (nSPS) is 20.2. The van der Waals surface area contributed by atoms with Crippen LogP contribution in [-0.2, 0) is 19.1 Å². The topological polar surface area (TPSA) is 52.6 Å². The molecule has 0 aliphatic carbocycles. The molecule has 4 nitrogen and oxygen atoms in total. The van der Waals surface area contributed by atoms with Gasteiger partial charge in [0.05, 0.1) is 0 Å². The lowest BCUT2D eigenvalue weighted by atomic mass is 9.90. The maximum atomic E-state index is 11.5. The summed E-state index contributed by atoms with van der Waals surface area (Å²) in [5.41, 5.74) is 0.771. The molecule has 0 saturated heterocycles. The van der Waals surface area contributed by atoms with Crippen LogP contribution >= 0.6 is 0 Å². The lowest BCUT2D eigenvalue weighted by Gasteiger charge is -2.25. The van der Waals surface area contributed by atoms with Crippen molar-refractivity contribution in [2.24, 2.45) is 11.8 Å². The van der Waals surface area contributed by atoms with Crippen LogP contribution in [0.4, 0.5) is 0 Å². The van der Waals surface area contributed by atoms with Crippen molar-refractivity contribution in [1.82, 2.24) is 0 Å². The second-order valence-electron chi connectivity index (χ2n) is 8.88. The number of cyclic esters (lactones) is 1. The van der Waals surface area contributed by atoms with Crippen molar-refractivity contribution in [1.29, 1.82) is 0 Å². The highest BCUT2D eigenvalue weighted by molar-refractivity contribution is 5.83. The second kappa shape index (κ2) is 10.7. The molecule has 0 bridgehead atoms. The van der Waals surface area contributed by atoms with Gasteiger partial charge in [0.25, 0.3) is 0 Å². The molecular weight excluding hydrogens is 328 g/mol. The average molecular weight is 367 g/mol. The van der Waals surface area contributed by atoms with E-state index in [1.54, 1.807) is 6.08 Å². The summed E-state index contributed by atoms with van der Waals surface area (Å²) in [7, 11) is 0. The molecule has 3 atom stereocenters. The van der Waals surface area contributed by atoms with E-state index in [0.717, 1.165) is 31.3 Å². The minimum absolute atomic E-state index is 0.0587. The quantitative estimate of drug-likeness (QED) is 0.447. The van der Waals surface area contributed by atoms with Gasteiger partial charge >= 0.3 is 11.9 Å². The third kappa shape index (κ3) is 9.98. The van der Waals surface area contributed by atoms with Crippen molar-refractivity contribution < 1.29 is 19.1 Å². The van der Waals surface area contributed by atoms with Crippen LogP contribution in [0.25, 0.3) is 0 Å². The summed E-state index contributed by atoms with van der Waals surface area (Å²) in [4.78, 5) is 22.6. The van der Waals surface area contributed by atoms with E-state index in [1.165, 1.54) is 32.6 Å². The van der Waals surface area contributed by atoms with Crippen molar-refractivity contribution >= 4 is 11.9 Å². The molecule has 0 amide bonds. The Balaban J connectivity index is 2.15. The molecule has 0 aromatic carbocycles. The summed E-state index contributed by atoms with van der Waals surface area (Å²) in [6.45, 7) is 12.0. The molecule has 1 aliphatic heterocycles. The highest BCUT2D eigenvalue weighted by atomic mass is 16.6. The van der Waals surface area contributed by atoms with Crippen LogP contribution in [0.1, 0.15) is 92.9 Å². The summed E-state index contributed by atoms with van der Waals surface area (Å²) < 4.78 is 10.8. The summed E-state index contributed by atoms with van der Waals surface area (Å²) in [5, 5.41) is 0. The number of carbonyl (C=O) groups excluding carboxylic acids is 2. The highest BCUT2D eigenvalue weighted by Crippen LogP contribution is 2.26. The number of hydrogen-bond acceptors (Lipinski definition) is 4. The minimum Gasteiger partial charge on any atom is -0.460 e. The van der Waals surface area contributed by atoms with Crippen molar-refractivity contribution in [3.63, 3.8) is 0 Å². The summed E-state index contributed by atoms with van der Waals surface area (Å²) in [6.07, 6.45) is 10.3. The molecule has 0 aromatic heterocycles. The first-order chi connectivity index (χ1) is 12.1. The van der Waals surface area contributed by atoms with E-state index in [0.29, 0.717) is 11.8 Å². The number of carbonyl (C=O) groups is 2. The van der Waals surface area contributed by atoms with Gasteiger partial charge in [0.2, 0.25) is 0 Å². The van der Waals surface area contributed by atoms with Gasteiger partial charge in [0, 0.05) is 19.4 Å². The van der Waals surface area contributed by atoms with Gasteiger partial charge in [-0.2, -0.15) is 0 Å². The molecule has 0 saturated carbocycles. The molecule has 1 heterocycles. The Bertz CT molecular complexity index is 492. The monoisotopic (exact) mass is 366 g/mol. The predicted molar refractivity (Wildman–Crippen MR) is 105 cm³/mol. The van der Waals surface area contributed by atoms with Gasteiger partial charge in [0.15, 0.2) is 0 Å². The Hall–Kier alpha value is -1.32. The maximum absolute atomic E-state index is 11.5. The SMILES string of the molecule is CC(=O)OC(C)(C)CCCC(C)CCCC(C)CC1CC(C)=CC(=O)O1. The fourth-order valence-electron chi connectivity index (χ4n) is 3.83. The molecule has 0 aromatic rings.